The highest BCUT2D eigenvalue weighted by atomic mass is 16.5. The van der Waals surface area contributed by atoms with E-state index in [-0.39, 0.29) is 5.91 Å². The number of aromatic nitrogens is 2. The van der Waals surface area contributed by atoms with Gasteiger partial charge in [-0.1, -0.05) is 18.2 Å². The normalized spacial score (nSPS) is 10.3. The van der Waals surface area contributed by atoms with E-state index >= 15 is 0 Å². The summed E-state index contributed by atoms with van der Waals surface area (Å²) in [5, 5.41) is 6.00. The number of carbonyl (C=O) groups is 1. The van der Waals surface area contributed by atoms with Crippen molar-refractivity contribution < 1.29 is 14.3 Å². The van der Waals surface area contributed by atoms with Crippen molar-refractivity contribution in [3.05, 3.63) is 71.5 Å². The Hall–Kier alpha value is -3.61. The minimum absolute atomic E-state index is 0.210. The van der Waals surface area contributed by atoms with Gasteiger partial charge >= 0.3 is 0 Å². The van der Waals surface area contributed by atoms with E-state index in [0.29, 0.717) is 23.8 Å². The van der Waals surface area contributed by atoms with Crippen molar-refractivity contribution in [1.29, 1.82) is 0 Å². The van der Waals surface area contributed by atoms with Gasteiger partial charge in [-0.05, 0) is 48.7 Å². The molecule has 150 valence electrons. The van der Waals surface area contributed by atoms with Gasteiger partial charge in [0.1, 0.15) is 11.5 Å². The molecule has 3 rings (SSSR count). The molecule has 0 unspecified atom stereocenters. The van der Waals surface area contributed by atoms with Crippen LogP contribution in [0.4, 0.5) is 11.6 Å². The summed E-state index contributed by atoms with van der Waals surface area (Å²) in [6.07, 6.45) is 3.73. The lowest BCUT2D eigenvalue weighted by Crippen LogP contribution is -2.26. The summed E-state index contributed by atoms with van der Waals surface area (Å²) in [6, 6.07) is 13.6. The van der Waals surface area contributed by atoms with Crippen LogP contribution in [0.15, 0.2) is 54.9 Å². The van der Waals surface area contributed by atoms with Crippen molar-refractivity contribution in [2.45, 2.75) is 13.3 Å². The summed E-state index contributed by atoms with van der Waals surface area (Å²) in [5.41, 5.74) is 3.38. The van der Waals surface area contributed by atoms with Gasteiger partial charge in [0.2, 0.25) is 5.95 Å². The quantitative estimate of drug-likeness (QED) is 0.610. The van der Waals surface area contributed by atoms with Gasteiger partial charge in [-0.15, -0.1) is 0 Å². The number of anilines is 2. The predicted molar refractivity (Wildman–Crippen MR) is 112 cm³/mol. The van der Waals surface area contributed by atoms with Crippen LogP contribution in [-0.4, -0.2) is 36.6 Å². The lowest BCUT2D eigenvalue weighted by Gasteiger charge is -2.11. The van der Waals surface area contributed by atoms with Crippen LogP contribution < -0.4 is 20.1 Å². The zero-order valence-corrected chi connectivity index (χ0v) is 16.7. The Morgan fingerprint density at radius 2 is 1.72 bits per heavy atom. The number of nitrogens with one attached hydrogen (secondary N) is 2. The van der Waals surface area contributed by atoms with E-state index in [1.54, 1.807) is 14.2 Å². The largest absolute Gasteiger partial charge is 0.497 e. The summed E-state index contributed by atoms with van der Waals surface area (Å²) < 4.78 is 10.5. The highest BCUT2D eigenvalue weighted by Crippen LogP contribution is 2.27. The molecule has 0 radical (unpaired) electrons. The number of hydrogen-bond acceptors (Lipinski definition) is 6. The third kappa shape index (κ3) is 5.44. The van der Waals surface area contributed by atoms with Crippen LogP contribution in [-0.2, 0) is 6.42 Å². The topological polar surface area (TPSA) is 85.4 Å². The number of methoxy groups -OCH3 is 2. The molecule has 2 N–H and O–H groups in total. The molecule has 1 heterocycles. The number of ether oxygens (including phenoxy) is 2. The molecule has 0 saturated heterocycles. The van der Waals surface area contributed by atoms with Crippen LogP contribution in [0.2, 0.25) is 0 Å². The summed E-state index contributed by atoms with van der Waals surface area (Å²) in [6.45, 7) is 2.51. The lowest BCUT2D eigenvalue weighted by molar-refractivity contribution is 0.0953. The second-order valence-electron chi connectivity index (χ2n) is 6.48. The van der Waals surface area contributed by atoms with Crippen LogP contribution in [0, 0.1) is 6.92 Å². The molecule has 3 aromatic rings. The number of aryl methyl sites for hydroxylation is 1. The number of benzene rings is 2. The Bertz CT molecular complexity index is 957. The Balaban J connectivity index is 1.55. The van der Waals surface area contributed by atoms with Gasteiger partial charge in [-0.3, -0.25) is 4.79 Å². The average molecular weight is 392 g/mol. The first-order valence-corrected chi connectivity index (χ1v) is 9.24. The van der Waals surface area contributed by atoms with Crippen LogP contribution >= 0.6 is 0 Å². The highest BCUT2D eigenvalue weighted by molar-refractivity contribution is 5.93. The molecule has 0 aliphatic carbocycles. The predicted octanol–water partition coefficient (Wildman–Crippen LogP) is 3.52. The number of nitrogens with zero attached hydrogens (tertiary/aromatic N) is 2. The van der Waals surface area contributed by atoms with Crippen molar-refractivity contribution in [3.63, 3.8) is 0 Å². The molecule has 7 nitrogen and oxygen atoms in total. The molecule has 0 saturated carbocycles. The van der Waals surface area contributed by atoms with Gasteiger partial charge in [-0.2, -0.15) is 0 Å². The smallest absolute Gasteiger partial charge is 0.254 e. The fraction of sp³-hybridized carbons (Fsp3) is 0.227. The van der Waals surface area contributed by atoms with Crippen LogP contribution in [0.1, 0.15) is 21.5 Å². The number of hydrogen-bond donors (Lipinski definition) is 2. The van der Waals surface area contributed by atoms with Crippen molar-refractivity contribution in [3.8, 4) is 11.5 Å². The monoisotopic (exact) mass is 392 g/mol. The molecular formula is C22H24N4O3. The molecule has 0 aliphatic heterocycles. The molecule has 0 atom stereocenters. The molecule has 0 fully saturated rings. The first-order chi connectivity index (χ1) is 14.1. The van der Waals surface area contributed by atoms with Crippen molar-refractivity contribution in [2.75, 3.05) is 26.1 Å². The SMILES string of the molecule is COc1ccc(CCNC(=O)c2cnc(Nc3cc(C)ccc3OC)nc2)cc1. The van der Waals surface area contributed by atoms with Crippen molar-refractivity contribution >= 4 is 17.5 Å². The van der Waals surface area contributed by atoms with Gasteiger partial charge in [0, 0.05) is 18.9 Å². The molecule has 7 heteroatoms. The number of amides is 1. The highest BCUT2D eigenvalue weighted by Gasteiger charge is 2.09. The zero-order chi connectivity index (χ0) is 20.6. The Kier molecular flexibility index (Phi) is 6.63. The minimum atomic E-state index is -0.210. The maximum Gasteiger partial charge on any atom is 0.254 e. The fourth-order valence-corrected chi connectivity index (χ4v) is 2.76. The van der Waals surface area contributed by atoms with Crippen LogP contribution in [0.3, 0.4) is 0 Å². The van der Waals surface area contributed by atoms with E-state index in [9.17, 15) is 4.79 Å². The van der Waals surface area contributed by atoms with Crippen molar-refractivity contribution in [2.24, 2.45) is 0 Å². The molecule has 1 amide bonds. The number of rotatable bonds is 8. The molecule has 2 aromatic carbocycles. The number of carbonyl (C=O) groups excluding carboxylic acids is 1. The Morgan fingerprint density at radius 3 is 2.38 bits per heavy atom. The lowest BCUT2D eigenvalue weighted by atomic mass is 10.1. The fourth-order valence-electron chi connectivity index (χ4n) is 2.76. The first kappa shape index (κ1) is 20.1. The summed E-state index contributed by atoms with van der Waals surface area (Å²) in [4.78, 5) is 20.8. The van der Waals surface area contributed by atoms with Crippen LogP contribution in [0.25, 0.3) is 0 Å². The molecule has 0 bridgehead atoms. The van der Waals surface area contributed by atoms with Gasteiger partial charge in [0.05, 0.1) is 25.5 Å². The Morgan fingerprint density at radius 1 is 1.00 bits per heavy atom. The van der Waals surface area contributed by atoms with E-state index < -0.39 is 0 Å². The standard InChI is InChI=1S/C22H24N4O3/c1-15-4-9-20(29-3)19(12-15)26-22-24-13-17(14-25-22)21(27)23-11-10-16-5-7-18(28-2)8-6-16/h4-9,12-14H,10-11H2,1-3H3,(H,23,27)(H,24,25,26). The Labute approximate surface area is 170 Å². The van der Waals surface area contributed by atoms with Gasteiger partial charge in [0.25, 0.3) is 5.91 Å². The summed E-state index contributed by atoms with van der Waals surface area (Å²) >= 11 is 0. The zero-order valence-electron chi connectivity index (χ0n) is 16.7. The molecule has 1 aromatic heterocycles. The van der Waals surface area contributed by atoms with E-state index in [4.69, 9.17) is 9.47 Å². The van der Waals surface area contributed by atoms with Gasteiger partial charge in [-0.25, -0.2) is 9.97 Å². The van der Waals surface area contributed by atoms with Gasteiger partial charge < -0.3 is 20.1 Å². The van der Waals surface area contributed by atoms with Crippen LogP contribution in [0.5, 0.6) is 11.5 Å². The first-order valence-electron chi connectivity index (χ1n) is 9.24. The molecule has 0 aliphatic rings. The van der Waals surface area contributed by atoms with E-state index in [2.05, 4.69) is 20.6 Å². The average Bonchev–Trinajstić information content (AvgIpc) is 2.75. The molecular weight excluding hydrogens is 368 g/mol. The summed E-state index contributed by atoms with van der Waals surface area (Å²) in [5.74, 6) is 1.69. The molecule has 29 heavy (non-hydrogen) atoms. The second-order valence-corrected chi connectivity index (χ2v) is 6.48. The third-order valence-electron chi connectivity index (χ3n) is 4.37. The maximum absolute atomic E-state index is 12.3. The van der Waals surface area contributed by atoms with E-state index in [1.165, 1.54) is 12.4 Å². The second kappa shape index (κ2) is 9.54. The molecule has 0 spiro atoms. The minimum Gasteiger partial charge on any atom is -0.497 e. The van der Waals surface area contributed by atoms with E-state index in [1.807, 2.05) is 49.4 Å². The van der Waals surface area contributed by atoms with E-state index in [0.717, 1.165) is 29.0 Å². The van der Waals surface area contributed by atoms with Gasteiger partial charge in [0.15, 0.2) is 0 Å². The van der Waals surface area contributed by atoms with Crippen molar-refractivity contribution in [1.82, 2.24) is 15.3 Å². The third-order valence-corrected chi connectivity index (χ3v) is 4.37. The summed E-state index contributed by atoms with van der Waals surface area (Å²) in [7, 11) is 3.24. The maximum atomic E-state index is 12.3.